The zero-order valence-electron chi connectivity index (χ0n) is 15.1. The van der Waals surface area contributed by atoms with Crippen molar-refractivity contribution in [2.45, 2.75) is 19.4 Å². The fourth-order valence-corrected chi connectivity index (χ4v) is 2.43. The second kappa shape index (κ2) is 9.53. The van der Waals surface area contributed by atoms with Gasteiger partial charge in [0.15, 0.2) is 0 Å². The summed E-state index contributed by atoms with van der Waals surface area (Å²) in [5, 5.41) is 12.7. The van der Waals surface area contributed by atoms with E-state index in [4.69, 9.17) is 4.74 Å². The Balaban J connectivity index is 2.23. The highest BCUT2D eigenvalue weighted by molar-refractivity contribution is 5.94. The molecule has 1 aromatic heterocycles. The van der Waals surface area contributed by atoms with Crippen LogP contribution in [0.25, 0.3) is 12.2 Å². The summed E-state index contributed by atoms with van der Waals surface area (Å²) in [6.45, 7) is 6.26. The number of rotatable bonds is 9. The third-order valence-corrected chi connectivity index (χ3v) is 3.97. The number of carboxylic acid groups (broad SMARTS) is 1. The van der Waals surface area contributed by atoms with E-state index in [1.807, 2.05) is 43.3 Å². The molecule has 1 heterocycles. The summed E-state index contributed by atoms with van der Waals surface area (Å²) in [7, 11) is 1.62. The topological polar surface area (TPSA) is 71.5 Å². The molecule has 1 unspecified atom stereocenters. The zero-order valence-corrected chi connectivity index (χ0v) is 15.1. The van der Waals surface area contributed by atoms with Crippen LogP contribution in [0.5, 0.6) is 0 Å². The first kappa shape index (κ1) is 19.4. The van der Waals surface area contributed by atoms with Crippen molar-refractivity contribution in [2.75, 3.05) is 19.0 Å². The van der Waals surface area contributed by atoms with Crippen molar-refractivity contribution in [3.05, 3.63) is 71.4 Å². The minimum absolute atomic E-state index is 0.0791. The number of hydrogen-bond donors (Lipinski definition) is 2. The van der Waals surface area contributed by atoms with Crippen LogP contribution in [0.15, 0.2) is 49.1 Å². The first-order valence-corrected chi connectivity index (χ1v) is 8.44. The Kier molecular flexibility index (Phi) is 7.12. The van der Waals surface area contributed by atoms with Crippen LogP contribution in [0.1, 0.15) is 34.1 Å². The number of carboxylic acids is 1. The van der Waals surface area contributed by atoms with E-state index in [1.165, 1.54) is 5.56 Å². The molecule has 2 aromatic rings. The summed E-state index contributed by atoms with van der Waals surface area (Å²) in [5.74, 6) is -0.676. The van der Waals surface area contributed by atoms with Gasteiger partial charge in [-0.1, -0.05) is 49.1 Å². The number of anilines is 1. The van der Waals surface area contributed by atoms with E-state index in [-0.39, 0.29) is 11.7 Å². The number of pyridine rings is 1. The third kappa shape index (κ3) is 5.29. The molecule has 0 aliphatic rings. The lowest BCUT2D eigenvalue weighted by atomic mass is 10.1. The molecule has 2 N–H and O–H groups in total. The average Bonchev–Trinajstić information content (AvgIpc) is 2.66. The van der Waals surface area contributed by atoms with Gasteiger partial charge in [0.05, 0.1) is 11.8 Å². The van der Waals surface area contributed by atoms with Crippen LogP contribution in [-0.2, 0) is 11.2 Å². The summed E-state index contributed by atoms with van der Waals surface area (Å²) in [6, 6.07) is 11.6. The molecule has 26 heavy (non-hydrogen) atoms. The molecule has 0 aliphatic carbocycles. The first-order valence-electron chi connectivity index (χ1n) is 8.44. The van der Waals surface area contributed by atoms with Crippen LogP contribution in [0, 0.1) is 0 Å². The molecule has 0 saturated carbocycles. The van der Waals surface area contributed by atoms with E-state index in [1.54, 1.807) is 25.3 Å². The van der Waals surface area contributed by atoms with Crippen LogP contribution in [0.2, 0.25) is 0 Å². The maximum Gasteiger partial charge on any atom is 0.339 e. The second-order valence-corrected chi connectivity index (χ2v) is 5.83. The van der Waals surface area contributed by atoms with Gasteiger partial charge in [0, 0.05) is 19.2 Å². The molecule has 0 radical (unpaired) electrons. The van der Waals surface area contributed by atoms with Crippen LogP contribution in [-0.4, -0.2) is 35.8 Å². The predicted octanol–water partition coefficient (Wildman–Crippen LogP) is 4.13. The van der Waals surface area contributed by atoms with Gasteiger partial charge in [0.25, 0.3) is 0 Å². The number of nitrogens with one attached hydrogen (secondary N) is 1. The molecule has 5 heteroatoms. The molecule has 5 nitrogen and oxygen atoms in total. The summed E-state index contributed by atoms with van der Waals surface area (Å²) in [5.41, 5.74) is 2.62. The van der Waals surface area contributed by atoms with Crippen LogP contribution in [0.3, 0.4) is 0 Å². The van der Waals surface area contributed by atoms with Gasteiger partial charge < -0.3 is 15.2 Å². The van der Waals surface area contributed by atoms with Gasteiger partial charge in [-0.05, 0) is 31.1 Å². The number of methoxy groups -OCH3 is 1. The van der Waals surface area contributed by atoms with E-state index in [0.717, 1.165) is 6.42 Å². The molecule has 2 rings (SSSR count). The molecule has 0 aliphatic heterocycles. The van der Waals surface area contributed by atoms with E-state index in [2.05, 4.69) is 16.9 Å². The second-order valence-electron chi connectivity index (χ2n) is 5.83. The van der Waals surface area contributed by atoms with Crippen molar-refractivity contribution in [3.8, 4) is 0 Å². The molecule has 0 bridgehead atoms. The predicted molar refractivity (Wildman–Crippen MR) is 105 cm³/mol. The van der Waals surface area contributed by atoms with E-state index < -0.39 is 5.97 Å². The number of benzene rings is 1. The minimum Gasteiger partial charge on any atom is -0.478 e. The molecule has 1 atom stereocenters. The van der Waals surface area contributed by atoms with E-state index in [0.29, 0.717) is 23.6 Å². The van der Waals surface area contributed by atoms with Crippen molar-refractivity contribution in [1.82, 2.24) is 4.98 Å². The van der Waals surface area contributed by atoms with Crippen LogP contribution < -0.4 is 5.32 Å². The number of aromatic carboxylic acids is 1. The molecule has 0 amide bonds. The summed E-state index contributed by atoms with van der Waals surface area (Å²) < 4.78 is 5.18. The number of ether oxygens (including phenoxy) is 1. The lowest BCUT2D eigenvalue weighted by Gasteiger charge is -2.12. The fraction of sp³-hybridized carbons (Fsp3) is 0.238. The molecule has 0 saturated heterocycles. The van der Waals surface area contributed by atoms with Gasteiger partial charge in [-0.25, -0.2) is 9.78 Å². The van der Waals surface area contributed by atoms with Gasteiger partial charge in [0.1, 0.15) is 11.4 Å². The van der Waals surface area contributed by atoms with Gasteiger partial charge in [-0.3, -0.25) is 0 Å². The summed E-state index contributed by atoms with van der Waals surface area (Å²) >= 11 is 0. The highest BCUT2D eigenvalue weighted by Gasteiger charge is 2.14. The normalized spacial score (nSPS) is 12.1. The smallest absolute Gasteiger partial charge is 0.339 e. The Bertz CT molecular complexity index is 785. The zero-order chi connectivity index (χ0) is 18.9. The molecular formula is C21H24N2O3. The Morgan fingerprint density at radius 1 is 1.38 bits per heavy atom. The third-order valence-electron chi connectivity index (χ3n) is 3.97. The lowest BCUT2D eigenvalue weighted by molar-refractivity contribution is 0.0697. The highest BCUT2D eigenvalue weighted by atomic mass is 16.5. The number of carbonyl (C=O) groups is 1. The molecule has 0 fully saturated rings. The molecular weight excluding hydrogens is 328 g/mol. The van der Waals surface area contributed by atoms with E-state index >= 15 is 0 Å². The Hall–Kier alpha value is -2.92. The van der Waals surface area contributed by atoms with Crippen molar-refractivity contribution in [3.63, 3.8) is 0 Å². The van der Waals surface area contributed by atoms with Gasteiger partial charge in [-0.2, -0.15) is 0 Å². The minimum atomic E-state index is -1.02. The van der Waals surface area contributed by atoms with E-state index in [9.17, 15) is 9.90 Å². The fourth-order valence-electron chi connectivity index (χ4n) is 2.43. The van der Waals surface area contributed by atoms with Crippen molar-refractivity contribution < 1.29 is 14.6 Å². The molecule has 0 spiro atoms. The highest BCUT2D eigenvalue weighted by Crippen LogP contribution is 2.21. The first-order chi connectivity index (χ1) is 12.5. The molecule has 1 aromatic carbocycles. The number of aromatic nitrogens is 1. The maximum atomic E-state index is 11.6. The quantitative estimate of drug-likeness (QED) is 0.710. The number of nitrogens with zero attached hydrogens (tertiary/aromatic N) is 1. The largest absolute Gasteiger partial charge is 0.478 e. The summed E-state index contributed by atoms with van der Waals surface area (Å²) in [4.78, 5) is 16.1. The van der Waals surface area contributed by atoms with Crippen molar-refractivity contribution >= 4 is 23.9 Å². The summed E-state index contributed by atoms with van der Waals surface area (Å²) in [6.07, 6.45) is 5.96. The lowest BCUT2D eigenvalue weighted by Crippen LogP contribution is -2.12. The van der Waals surface area contributed by atoms with Crippen LogP contribution >= 0.6 is 0 Å². The number of hydrogen-bond acceptors (Lipinski definition) is 4. The van der Waals surface area contributed by atoms with Crippen molar-refractivity contribution in [1.29, 1.82) is 0 Å². The van der Waals surface area contributed by atoms with Crippen molar-refractivity contribution in [2.24, 2.45) is 0 Å². The van der Waals surface area contributed by atoms with Crippen LogP contribution in [0.4, 0.5) is 5.82 Å². The SMILES string of the molecule is C=Cc1nc(NCCc2ccccc2)c(C(=O)O)cc1/C=C\C(C)OC. The van der Waals surface area contributed by atoms with Gasteiger partial charge in [0.2, 0.25) is 0 Å². The Labute approximate surface area is 154 Å². The average molecular weight is 352 g/mol. The Morgan fingerprint density at radius 2 is 2.12 bits per heavy atom. The Morgan fingerprint density at radius 3 is 2.73 bits per heavy atom. The standard InChI is InChI=1S/C21H24N2O3/c1-4-19-17(11-10-15(2)26-3)14-18(21(24)25)20(23-19)22-13-12-16-8-6-5-7-9-16/h4-11,14-15H,1,12-13H2,2-3H3,(H,22,23)(H,24,25)/b11-10-. The monoisotopic (exact) mass is 352 g/mol. The maximum absolute atomic E-state index is 11.6. The van der Waals surface area contributed by atoms with Gasteiger partial charge in [-0.15, -0.1) is 0 Å². The molecule has 136 valence electrons. The van der Waals surface area contributed by atoms with Gasteiger partial charge >= 0.3 is 5.97 Å².